The van der Waals surface area contributed by atoms with Crippen molar-refractivity contribution in [1.29, 1.82) is 0 Å². The van der Waals surface area contributed by atoms with Crippen LogP contribution in [0.5, 0.6) is 0 Å². The van der Waals surface area contributed by atoms with Crippen molar-refractivity contribution in [2.45, 2.75) is 12.7 Å². The molecular formula is C23H17FN4O2. The number of oxazole rings is 1. The molecule has 4 aromatic rings. The number of benzene rings is 3. The third kappa shape index (κ3) is 3.05. The Hall–Kier alpha value is -3.84. The Morgan fingerprint density at radius 1 is 0.967 bits per heavy atom. The van der Waals surface area contributed by atoms with E-state index in [1.165, 1.54) is 11.0 Å². The summed E-state index contributed by atoms with van der Waals surface area (Å²) in [4.78, 5) is 23.4. The fraction of sp³-hybridized carbons (Fsp3) is 0.0870. The molecule has 2 heterocycles. The van der Waals surface area contributed by atoms with Gasteiger partial charge in [0.15, 0.2) is 11.7 Å². The molecule has 0 aliphatic carbocycles. The second kappa shape index (κ2) is 7.20. The number of hydrogen-bond acceptors (Lipinski definition) is 5. The van der Waals surface area contributed by atoms with Gasteiger partial charge in [0.05, 0.1) is 11.4 Å². The molecule has 6 nitrogen and oxygen atoms in total. The Morgan fingerprint density at radius 2 is 1.67 bits per heavy atom. The summed E-state index contributed by atoms with van der Waals surface area (Å²) in [6, 6.07) is 20.9. The minimum absolute atomic E-state index is 0.0816. The van der Waals surface area contributed by atoms with E-state index in [-0.39, 0.29) is 12.1 Å². The predicted molar refractivity (Wildman–Crippen MR) is 112 cm³/mol. The van der Waals surface area contributed by atoms with Gasteiger partial charge in [0.2, 0.25) is 5.89 Å². The van der Waals surface area contributed by atoms with Crippen molar-refractivity contribution in [3.8, 4) is 0 Å². The summed E-state index contributed by atoms with van der Waals surface area (Å²) >= 11 is 0. The molecule has 0 bridgehead atoms. The van der Waals surface area contributed by atoms with Crippen LogP contribution in [0.25, 0.3) is 11.1 Å². The molecule has 3 aromatic carbocycles. The Balaban J connectivity index is 1.62. The average Bonchev–Trinajstić information content (AvgIpc) is 3.14. The Labute approximate surface area is 171 Å². The fourth-order valence-corrected chi connectivity index (χ4v) is 3.61. The zero-order valence-corrected chi connectivity index (χ0v) is 15.8. The van der Waals surface area contributed by atoms with E-state index >= 15 is 0 Å². The number of rotatable bonds is 3. The zero-order chi connectivity index (χ0) is 20.7. The van der Waals surface area contributed by atoms with E-state index in [1.54, 1.807) is 36.4 Å². The van der Waals surface area contributed by atoms with Crippen LogP contribution in [0.3, 0.4) is 0 Å². The van der Waals surface area contributed by atoms with Crippen LogP contribution >= 0.6 is 0 Å². The molecule has 1 aliphatic heterocycles. The second-order valence-corrected chi connectivity index (χ2v) is 6.92. The standard InChI is InChI=1S/C23H17FN4O2/c24-16-9-3-1-7-14(16)21-15-8-2-5-11-18(15)28(23(29)22(25)27-21)13-20-26-17-10-4-6-12-19(17)30-20/h1-12,22H,13,25H2. The van der Waals surface area contributed by atoms with Gasteiger partial charge in [0.25, 0.3) is 5.91 Å². The Bertz CT molecular complexity index is 1260. The normalized spacial score (nSPS) is 16.3. The second-order valence-electron chi connectivity index (χ2n) is 6.92. The first-order valence-electron chi connectivity index (χ1n) is 9.45. The molecular weight excluding hydrogens is 383 g/mol. The maximum atomic E-state index is 14.5. The number of nitrogens with two attached hydrogens (primary N) is 1. The van der Waals surface area contributed by atoms with E-state index in [0.717, 1.165) is 0 Å². The summed E-state index contributed by atoms with van der Waals surface area (Å²) in [7, 11) is 0. The lowest BCUT2D eigenvalue weighted by Crippen LogP contribution is -2.42. The monoisotopic (exact) mass is 400 g/mol. The van der Waals surface area contributed by atoms with E-state index in [1.807, 2.05) is 30.3 Å². The van der Waals surface area contributed by atoms with Gasteiger partial charge in [-0.15, -0.1) is 0 Å². The molecule has 5 rings (SSSR count). The number of amides is 1. The number of anilines is 1. The van der Waals surface area contributed by atoms with Crippen molar-refractivity contribution in [2.24, 2.45) is 10.7 Å². The molecule has 1 amide bonds. The first-order valence-corrected chi connectivity index (χ1v) is 9.45. The van der Waals surface area contributed by atoms with Crippen molar-refractivity contribution in [3.05, 3.63) is 95.6 Å². The average molecular weight is 400 g/mol. The van der Waals surface area contributed by atoms with Crippen LogP contribution in [0, 0.1) is 5.82 Å². The van der Waals surface area contributed by atoms with Crippen molar-refractivity contribution in [1.82, 2.24) is 4.98 Å². The fourth-order valence-electron chi connectivity index (χ4n) is 3.61. The summed E-state index contributed by atoms with van der Waals surface area (Å²) in [5.41, 5.74) is 9.25. The lowest BCUT2D eigenvalue weighted by Gasteiger charge is -2.22. The molecule has 0 radical (unpaired) electrons. The zero-order valence-electron chi connectivity index (χ0n) is 15.8. The third-order valence-corrected chi connectivity index (χ3v) is 5.00. The Kier molecular flexibility index (Phi) is 4.37. The quantitative estimate of drug-likeness (QED) is 0.569. The highest BCUT2D eigenvalue weighted by Gasteiger charge is 2.31. The maximum absolute atomic E-state index is 14.5. The van der Waals surface area contributed by atoms with Crippen LogP contribution in [0.2, 0.25) is 0 Å². The molecule has 1 atom stereocenters. The third-order valence-electron chi connectivity index (χ3n) is 5.00. The molecule has 0 fully saturated rings. The van der Waals surface area contributed by atoms with Gasteiger partial charge in [0.1, 0.15) is 17.9 Å². The van der Waals surface area contributed by atoms with Crippen molar-refractivity contribution in [3.63, 3.8) is 0 Å². The van der Waals surface area contributed by atoms with E-state index in [9.17, 15) is 9.18 Å². The molecule has 1 unspecified atom stereocenters. The number of nitrogens with zero attached hydrogens (tertiary/aromatic N) is 3. The number of carbonyl (C=O) groups is 1. The molecule has 30 heavy (non-hydrogen) atoms. The van der Waals surface area contributed by atoms with Gasteiger partial charge in [-0.1, -0.05) is 42.5 Å². The van der Waals surface area contributed by atoms with Gasteiger partial charge < -0.3 is 10.2 Å². The summed E-state index contributed by atoms with van der Waals surface area (Å²) < 4.78 is 20.3. The van der Waals surface area contributed by atoms with Crippen LogP contribution in [0.15, 0.2) is 82.2 Å². The van der Waals surface area contributed by atoms with Crippen LogP contribution in [0.4, 0.5) is 10.1 Å². The number of aliphatic imine (C=N–C) groups is 1. The van der Waals surface area contributed by atoms with Crippen molar-refractivity contribution >= 4 is 28.4 Å². The molecule has 1 aromatic heterocycles. The first kappa shape index (κ1) is 18.2. The molecule has 148 valence electrons. The lowest BCUT2D eigenvalue weighted by atomic mass is 10.00. The number of hydrogen-bond donors (Lipinski definition) is 1. The molecule has 1 aliphatic rings. The molecule has 0 saturated carbocycles. The van der Waals surface area contributed by atoms with Gasteiger partial charge in [0, 0.05) is 11.1 Å². The summed E-state index contributed by atoms with van der Waals surface area (Å²) in [5, 5.41) is 0. The summed E-state index contributed by atoms with van der Waals surface area (Å²) in [5.74, 6) is -0.477. The summed E-state index contributed by atoms with van der Waals surface area (Å²) in [6.45, 7) is 0.0816. The van der Waals surface area contributed by atoms with E-state index < -0.39 is 17.9 Å². The number of carbonyl (C=O) groups excluding carboxylic acids is 1. The molecule has 0 spiro atoms. The van der Waals surface area contributed by atoms with Crippen LogP contribution in [0.1, 0.15) is 17.0 Å². The molecule has 2 N–H and O–H groups in total. The van der Waals surface area contributed by atoms with Gasteiger partial charge >= 0.3 is 0 Å². The summed E-state index contributed by atoms with van der Waals surface area (Å²) in [6.07, 6.45) is -1.18. The van der Waals surface area contributed by atoms with Crippen LogP contribution in [-0.4, -0.2) is 22.8 Å². The first-order chi connectivity index (χ1) is 14.6. The number of fused-ring (bicyclic) bond motifs is 2. The smallest absolute Gasteiger partial charge is 0.266 e. The highest BCUT2D eigenvalue weighted by molar-refractivity contribution is 6.20. The van der Waals surface area contributed by atoms with Crippen LogP contribution < -0.4 is 10.6 Å². The van der Waals surface area contributed by atoms with E-state index in [4.69, 9.17) is 10.2 Å². The molecule has 7 heteroatoms. The van der Waals surface area contributed by atoms with Crippen molar-refractivity contribution in [2.75, 3.05) is 4.90 Å². The minimum Gasteiger partial charge on any atom is -0.439 e. The van der Waals surface area contributed by atoms with E-state index in [2.05, 4.69) is 9.98 Å². The van der Waals surface area contributed by atoms with E-state index in [0.29, 0.717) is 34.0 Å². The highest BCUT2D eigenvalue weighted by atomic mass is 19.1. The highest BCUT2D eigenvalue weighted by Crippen LogP contribution is 2.30. The SMILES string of the molecule is NC1N=C(c2ccccc2F)c2ccccc2N(Cc2nc3ccccc3o2)C1=O. The number of benzodiazepines with no additional fused rings is 1. The van der Waals surface area contributed by atoms with Crippen LogP contribution in [-0.2, 0) is 11.3 Å². The minimum atomic E-state index is -1.18. The molecule has 0 saturated heterocycles. The van der Waals surface area contributed by atoms with Crippen molar-refractivity contribution < 1.29 is 13.6 Å². The number of para-hydroxylation sites is 3. The van der Waals surface area contributed by atoms with Gasteiger partial charge in [-0.25, -0.2) is 9.37 Å². The lowest BCUT2D eigenvalue weighted by molar-refractivity contribution is -0.119. The number of aromatic nitrogens is 1. The number of halogens is 1. The Morgan fingerprint density at radius 3 is 2.47 bits per heavy atom. The topological polar surface area (TPSA) is 84.7 Å². The van der Waals surface area contributed by atoms with Gasteiger partial charge in [-0.3, -0.25) is 14.7 Å². The maximum Gasteiger partial charge on any atom is 0.266 e. The van der Waals surface area contributed by atoms with Gasteiger partial charge in [-0.05, 0) is 30.3 Å². The predicted octanol–water partition coefficient (Wildman–Crippen LogP) is 3.64. The van der Waals surface area contributed by atoms with Gasteiger partial charge in [-0.2, -0.15) is 0 Å². The largest absolute Gasteiger partial charge is 0.439 e.